The highest BCUT2D eigenvalue weighted by Crippen LogP contribution is 2.49. The number of alkyl carbamates (subject to hydrolysis) is 1. The Morgan fingerprint density at radius 2 is 0.859 bits per heavy atom. The van der Waals surface area contributed by atoms with Crippen LogP contribution in [-0.4, -0.2) is 233 Å². The molecule has 7 N–H and O–H groups in total. The number of allylic oxidation sites excluding steroid dienone is 3. The first-order chi connectivity index (χ1) is 67.8. The average Bonchev–Trinajstić information content (AvgIpc) is 1.58. The van der Waals surface area contributed by atoms with Crippen LogP contribution in [0.1, 0.15) is 240 Å². The van der Waals surface area contributed by atoms with Crippen molar-refractivity contribution in [1.29, 1.82) is 0 Å². The van der Waals surface area contributed by atoms with Gasteiger partial charge in [-0.1, -0.05) is 140 Å². The zero-order valence-electron chi connectivity index (χ0n) is 81.1. The number of unbranched alkanes of at least 4 members (excludes halogenated alkanes) is 3. The Hall–Kier alpha value is -9.97. The van der Waals surface area contributed by atoms with Gasteiger partial charge in [-0.25, -0.2) is 30.0 Å². The van der Waals surface area contributed by atoms with E-state index in [1.807, 2.05) is 99.7 Å². The molecule has 10 amide bonds. The van der Waals surface area contributed by atoms with Gasteiger partial charge in [0.2, 0.25) is 65.5 Å². The van der Waals surface area contributed by atoms with Crippen LogP contribution in [0.25, 0.3) is 17.7 Å². The minimum absolute atomic E-state index is 0.0734. The van der Waals surface area contributed by atoms with E-state index in [4.69, 9.17) is 33.2 Å². The van der Waals surface area contributed by atoms with Crippen LogP contribution in [0.3, 0.4) is 0 Å². The molecule has 40 heteroatoms. The van der Waals surface area contributed by atoms with Crippen LogP contribution < -0.4 is 40.2 Å². The molecule has 6 aliphatic heterocycles. The van der Waals surface area contributed by atoms with E-state index in [0.717, 1.165) is 73.6 Å². The third-order valence-electron chi connectivity index (χ3n) is 28.1. The highest BCUT2D eigenvalue weighted by Gasteiger charge is 2.65. The van der Waals surface area contributed by atoms with Crippen LogP contribution in [0, 0.1) is 29.6 Å². The number of benzene rings is 3. The lowest BCUT2D eigenvalue weighted by Crippen LogP contribution is -2.58. The van der Waals surface area contributed by atoms with Gasteiger partial charge in [-0.05, 0) is 209 Å². The molecule has 0 radical (unpaired) electrons. The molecule has 12 aliphatic rings. The minimum Gasteiger partial charge on any atom is -0.497 e. The summed E-state index contributed by atoms with van der Waals surface area (Å²) in [5.74, 6) is -8.45. The summed E-state index contributed by atoms with van der Waals surface area (Å²) in [7, 11) is -9.97. The molecular formula is C102H134Br2N10O25S3. The number of methoxy groups -OCH3 is 1. The molecule has 3 aromatic rings. The molecule has 15 atom stereocenters. The molecule has 6 heterocycles. The molecule has 35 nitrogen and oxygen atoms in total. The van der Waals surface area contributed by atoms with Gasteiger partial charge in [0.05, 0.1) is 93.7 Å². The molecule has 1 unspecified atom stereocenters. The lowest BCUT2D eigenvalue weighted by atomic mass is 9.96. The topological polar surface area (TPSA) is 466 Å². The van der Waals surface area contributed by atoms with Crippen molar-refractivity contribution in [2.75, 3.05) is 46.6 Å². The number of nitrogens with one attached hydrogen (secondary N) is 7. The Morgan fingerprint density at radius 3 is 1.25 bits per heavy atom. The lowest BCUT2D eigenvalue weighted by molar-refractivity contribution is -0.150. The number of ether oxygens (including phenoxy) is 7. The number of carbonyl (C=O) groups excluding carboxylic acids is 12. The van der Waals surface area contributed by atoms with Gasteiger partial charge in [-0.2, -0.15) is 0 Å². The third-order valence-corrected chi connectivity index (χ3v) is 34.5. The van der Waals surface area contributed by atoms with Crippen molar-refractivity contribution >= 4 is 151 Å². The molecule has 9 fully saturated rings. The SMILES string of the molecule is C=C[C@@H]1C[C@]1(NC(=O)[C@@H]1CC2CN1C(=O)[C@H](CCCC)CC(=O)OCCC/C=C/c1cc(cc(OC)c1)CO2)C(=O)NS(=O)(=O)C1CC1.C=C[C@@H]1C[C@]1(NC(=O)[C@@H]1C[C@@H]2CN1C(=O)[C@H](CCCC)CC(=O)OCCC/C=C/c1cc(Br)cc(c1)CO2)C(=O)NS(=O)(=O)C1CC1.C=C[C@@H]1C[C@]1(NC(=O)[C@@H]1C[C@@H]2CN1C(=O)[C@H](CCCC)NC(=O)OCCCC(=C)c1cc(Br)cc(c1)CO2)C(=O)NS(=O)(=O)C1CC1. The van der Waals surface area contributed by atoms with E-state index >= 15 is 0 Å². The fourth-order valence-corrected chi connectivity index (χ4v) is 24.3. The van der Waals surface area contributed by atoms with E-state index in [2.05, 4.69) is 93.6 Å². The Labute approximate surface area is 848 Å². The van der Waals surface area contributed by atoms with Gasteiger partial charge in [0, 0.05) is 77.4 Å². The number of hydrogen-bond acceptors (Lipinski definition) is 25. The number of amides is 10. The van der Waals surface area contributed by atoms with Gasteiger partial charge in [-0.3, -0.25) is 66.9 Å². The van der Waals surface area contributed by atoms with Crippen LogP contribution >= 0.6 is 31.9 Å². The van der Waals surface area contributed by atoms with E-state index in [1.165, 1.54) is 32.9 Å². The zero-order valence-corrected chi connectivity index (χ0v) is 86.7. The number of sulfonamides is 3. The maximum Gasteiger partial charge on any atom is 0.407 e. The molecule has 3 aromatic carbocycles. The van der Waals surface area contributed by atoms with Crippen LogP contribution in [0.4, 0.5) is 4.79 Å². The molecule has 3 saturated heterocycles. The Morgan fingerprint density at radius 1 is 0.486 bits per heavy atom. The summed E-state index contributed by atoms with van der Waals surface area (Å²) in [6.45, 7) is 23.0. The van der Waals surface area contributed by atoms with Gasteiger partial charge in [0.1, 0.15) is 46.5 Å². The number of cyclic esters (lactones) is 3. The Kier molecular flexibility index (Phi) is 37.2. The zero-order chi connectivity index (χ0) is 102. The van der Waals surface area contributed by atoms with Gasteiger partial charge in [0.25, 0.3) is 17.7 Å². The third kappa shape index (κ3) is 28.4. The summed E-state index contributed by atoms with van der Waals surface area (Å²) in [6.07, 6.45) is 23.5. The number of nitrogens with zero attached hydrogens (tertiary/aromatic N) is 3. The smallest absolute Gasteiger partial charge is 0.407 e. The highest BCUT2D eigenvalue weighted by atomic mass is 79.9. The van der Waals surface area contributed by atoms with Gasteiger partial charge in [0.15, 0.2) is 0 Å². The molecule has 774 valence electrons. The molecule has 6 saturated carbocycles. The van der Waals surface area contributed by atoms with Gasteiger partial charge in [-0.15, -0.1) is 19.7 Å². The predicted molar refractivity (Wildman–Crippen MR) is 535 cm³/mol. The lowest BCUT2D eigenvalue weighted by Gasteiger charge is -2.29. The number of esters is 2. The molecule has 6 aliphatic carbocycles. The maximum absolute atomic E-state index is 14.2. The van der Waals surface area contributed by atoms with Crippen LogP contribution in [0.2, 0.25) is 0 Å². The van der Waals surface area contributed by atoms with Gasteiger partial charge < -0.3 is 69.1 Å². The van der Waals surface area contributed by atoms with Crippen LogP contribution in [0.5, 0.6) is 5.75 Å². The first kappa shape index (κ1) is 109. The summed E-state index contributed by atoms with van der Waals surface area (Å²) in [6, 6.07) is 13.6. The van der Waals surface area contributed by atoms with Crippen molar-refractivity contribution < 1.29 is 116 Å². The summed E-state index contributed by atoms with van der Waals surface area (Å²) in [4.78, 5) is 167. The van der Waals surface area contributed by atoms with E-state index in [0.29, 0.717) is 115 Å². The molecule has 12 bridgehead atoms. The summed E-state index contributed by atoms with van der Waals surface area (Å²) in [5, 5.41) is 9.27. The summed E-state index contributed by atoms with van der Waals surface area (Å²) >= 11 is 7.12. The Balaban J connectivity index is 0.000000179. The van der Waals surface area contributed by atoms with E-state index in [-0.39, 0.29) is 122 Å². The fraction of sp³-hybridized carbons (Fsp3) is 0.588. The molecule has 0 aromatic heterocycles. The first-order valence-corrected chi connectivity index (χ1v) is 55.8. The molecular weight excluding hydrogens is 2020 g/mol. The van der Waals surface area contributed by atoms with Crippen molar-refractivity contribution in [3.05, 3.63) is 154 Å². The number of hydrogen-bond donors (Lipinski definition) is 7. The van der Waals surface area contributed by atoms with Gasteiger partial charge >= 0.3 is 18.0 Å². The van der Waals surface area contributed by atoms with Crippen molar-refractivity contribution in [2.24, 2.45) is 29.6 Å². The molecule has 15 rings (SSSR count). The first-order valence-electron chi connectivity index (χ1n) is 49.6. The largest absolute Gasteiger partial charge is 0.497 e. The van der Waals surface area contributed by atoms with E-state index < -0.39 is 194 Å². The number of rotatable bonds is 28. The average molecular weight is 2160 g/mol. The standard InChI is InChI=1S/C35H47N3O9S.C34H44BrN3O8S.C33H43BrN4O8S/c1-4-6-11-25-18-31(39)46-14-9-7-8-10-23-15-24(17-27(16-23)45-3)22-47-28-19-30(38(21-28)33(25)41)32(40)36-35(20-26(35)5-2)34(42)37-48(43,44)29-12-13-29;1-3-5-10-24-17-30(39)45-13-8-6-7-9-22-14-23(16-26(35)15-22)21-46-27-18-29(38(20-27)32(24)41)31(40)36-34(19-25(34)4-2)33(42)37-47(43,44)28-11-12-28;1-4-6-9-27-30(40)38-18-25(46-19-21-13-22(15-24(34)14-21)20(3)8-7-12-45-32(42)35-27)16-28(38)29(39)36-33(17-23(33)5-2)31(41)37-47(43,44)26-10-11-26/h5,8,10,15-17,25-26,28-30H,2,4,6-7,9,11-14,18-22H2,1,3H3,(H,36,40)(H,37,42);4,7,9,14-16,24-25,27-29H,2-3,5-6,8,10-13,17-21H2,1H3,(H,36,40)(H,37,42);5,13-15,23,25-28H,2-4,6-12,16-19H2,1H3,(H,35,42)(H,36,39)(H,37,41)/b10-8+;9-7+;/t25-,26-,28?,30+,35-;24-,25-,27-,29+,34-;23-,25-,27+,28+,33-/m111/s1. The maximum atomic E-state index is 14.2. The molecule has 142 heavy (non-hydrogen) atoms. The summed E-state index contributed by atoms with van der Waals surface area (Å²) < 4.78 is 124. The Bertz CT molecular complexity index is 5690. The predicted octanol–water partition coefficient (Wildman–Crippen LogP) is 11.2. The van der Waals surface area contributed by atoms with E-state index in [1.54, 1.807) is 7.11 Å². The van der Waals surface area contributed by atoms with E-state index in [9.17, 15) is 82.8 Å². The summed E-state index contributed by atoms with van der Waals surface area (Å²) in [5.41, 5.74) is 1.86. The van der Waals surface area contributed by atoms with Crippen molar-refractivity contribution in [3.63, 3.8) is 0 Å². The van der Waals surface area contributed by atoms with Crippen molar-refractivity contribution in [2.45, 2.75) is 302 Å². The number of halogens is 2. The van der Waals surface area contributed by atoms with Crippen LogP contribution in [-0.2, 0) is 131 Å². The van der Waals surface area contributed by atoms with Crippen LogP contribution in [0.15, 0.2) is 120 Å². The number of carbonyl (C=O) groups is 12. The monoisotopic (exact) mass is 2150 g/mol. The van der Waals surface area contributed by atoms with Crippen molar-refractivity contribution in [3.8, 4) is 5.75 Å². The van der Waals surface area contributed by atoms with Crippen molar-refractivity contribution in [1.82, 2.24) is 50.1 Å². The normalized spacial score (nSPS) is 28.8. The number of fused-ring (bicyclic) bond motifs is 12. The second kappa shape index (κ2) is 48.4. The minimum atomic E-state index is -3.86. The second-order valence-corrected chi connectivity index (χ2v) is 46.9. The quantitative estimate of drug-likeness (QED) is 0.0202. The second-order valence-electron chi connectivity index (χ2n) is 39.2. The molecule has 0 spiro atoms. The fourth-order valence-electron chi connectivity index (χ4n) is 19.1. The highest BCUT2D eigenvalue weighted by molar-refractivity contribution is 9.10.